The lowest BCUT2D eigenvalue weighted by Gasteiger charge is -2.37. The molecule has 12 nitrogen and oxygen atoms in total. The van der Waals surface area contributed by atoms with Crippen LogP contribution in [0.2, 0.25) is 18.6 Å². The van der Waals surface area contributed by atoms with Gasteiger partial charge in [-0.1, -0.05) is 43.3 Å². The van der Waals surface area contributed by atoms with Crippen molar-refractivity contribution in [3.8, 4) is 0 Å². The third-order valence-electron chi connectivity index (χ3n) is 12.3. The minimum absolute atomic E-state index is 0.00496. The van der Waals surface area contributed by atoms with Gasteiger partial charge in [0.25, 0.3) is 5.91 Å². The number of ether oxygens (including phenoxy) is 1. The molecule has 3 N–H and O–H groups in total. The molecule has 5 atom stereocenters. The van der Waals surface area contributed by atoms with E-state index in [0.717, 1.165) is 22.4 Å². The highest BCUT2D eigenvalue weighted by Gasteiger charge is 2.67. The molecule has 3 aromatic carbocycles. The molecule has 290 valence electrons. The molecule has 5 heterocycles. The van der Waals surface area contributed by atoms with Gasteiger partial charge in [0.05, 0.1) is 50.5 Å². The van der Waals surface area contributed by atoms with E-state index in [0.29, 0.717) is 56.1 Å². The van der Waals surface area contributed by atoms with Crippen molar-refractivity contribution in [3.05, 3.63) is 89.0 Å². The summed E-state index contributed by atoms with van der Waals surface area (Å²) >= 11 is 0. The lowest BCUT2D eigenvalue weighted by molar-refractivity contribution is -0.151. The molecule has 0 saturated carbocycles. The molecular formula is C41H49FN6O6Si. The van der Waals surface area contributed by atoms with Crippen molar-refractivity contribution in [1.82, 2.24) is 15.5 Å². The highest BCUT2D eigenvalue weighted by atomic mass is 28.4. The van der Waals surface area contributed by atoms with E-state index >= 15 is 8.90 Å². The number of aliphatic hydroxyl groups excluding tert-OH is 1. The number of nitrogens with one attached hydrogen (secondary N) is 2. The van der Waals surface area contributed by atoms with Crippen LogP contribution in [0.25, 0.3) is 0 Å². The lowest BCUT2D eigenvalue weighted by Crippen LogP contribution is -2.48. The molecule has 0 aromatic heterocycles. The Bertz CT molecular complexity index is 2010. The Morgan fingerprint density at radius 3 is 2.20 bits per heavy atom. The predicted octanol–water partition coefficient (Wildman–Crippen LogP) is 3.22. The fraction of sp³-hybridized carbons (Fsp3) is 0.463. The van der Waals surface area contributed by atoms with Gasteiger partial charge in [0.2, 0.25) is 26.1 Å². The van der Waals surface area contributed by atoms with Crippen molar-refractivity contribution < 1.29 is 33.1 Å². The molecule has 14 heteroatoms. The first-order valence-electron chi connectivity index (χ1n) is 19.3. The maximum Gasteiger partial charge on any atom is 0.264 e. The first kappa shape index (κ1) is 37.5. The van der Waals surface area contributed by atoms with Crippen LogP contribution in [-0.4, -0.2) is 100 Å². The lowest BCUT2D eigenvalue weighted by atomic mass is 9.82. The topological polar surface area (TPSA) is 135 Å². The first-order chi connectivity index (χ1) is 26.4. The number of carbonyl (C=O) groups is 4. The third kappa shape index (κ3) is 6.57. The molecule has 3 saturated heterocycles. The van der Waals surface area contributed by atoms with Crippen LogP contribution < -0.4 is 25.3 Å². The van der Waals surface area contributed by atoms with Gasteiger partial charge < -0.3 is 44.2 Å². The van der Waals surface area contributed by atoms with Gasteiger partial charge in [-0.15, -0.1) is 0 Å². The second-order valence-electron chi connectivity index (χ2n) is 16.0. The third-order valence-corrected chi connectivity index (χ3v) is 14.7. The fourth-order valence-electron chi connectivity index (χ4n) is 9.61. The summed E-state index contributed by atoms with van der Waals surface area (Å²) in [5, 5.41) is 16.5. The summed E-state index contributed by atoms with van der Waals surface area (Å²) in [6.07, 6.45) is -0.527. The number of aliphatic hydroxyl groups is 1. The number of hydrogen-bond donors (Lipinski definition) is 3. The zero-order valence-corrected chi connectivity index (χ0v) is 32.6. The molecule has 3 fully saturated rings. The number of fused-ring (bicyclic) bond motifs is 3. The fourth-order valence-corrected chi connectivity index (χ4v) is 12.1. The van der Waals surface area contributed by atoms with Gasteiger partial charge in [0, 0.05) is 61.1 Å². The normalized spacial score (nSPS) is 26.9. The first-order valence-corrected chi connectivity index (χ1v) is 22.3. The minimum atomic E-state index is -3.60. The van der Waals surface area contributed by atoms with Crippen molar-refractivity contribution in [2.24, 2.45) is 5.92 Å². The van der Waals surface area contributed by atoms with Crippen molar-refractivity contribution in [2.75, 3.05) is 60.6 Å². The molecule has 0 aliphatic carbocycles. The quantitative estimate of drug-likeness (QED) is 0.235. The average molecular weight is 769 g/mol. The van der Waals surface area contributed by atoms with Crippen molar-refractivity contribution in [2.45, 2.75) is 69.2 Å². The minimum Gasteiger partial charge on any atom is -0.394 e. The number of benzene rings is 3. The highest BCUT2D eigenvalue weighted by Crippen LogP contribution is 2.61. The molecule has 0 radical (unpaired) electrons. The molecule has 1 spiro atoms. The highest BCUT2D eigenvalue weighted by molar-refractivity contribution is 6.72. The maximum absolute atomic E-state index is 16.7. The summed E-state index contributed by atoms with van der Waals surface area (Å²) in [4.78, 5) is 61.8. The zero-order valence-electron chi connectivity index (χ0n) is 31.6. The average Bonchev–Trinajstić information content (AvgIpc) is 3.60. The van der Waals surface area contributed by atoms with E-state index in [1.165, 1.54) is 0 Å². The smallest absolute Gasteiger partial charge is 0.264 e. The standard InChI is InChI=1S/C41H49FN6O6Si/c1-26-39(55(2,3)42)35(20-36(50)47-24-29-7-5-4-6-28(29)18-32(47)25-49)54-41(26)33-19-31(46-17-15-44-22-38(46)52)12-13-34(33)48(40(41)53)23-27-8-10-30(11-9-27)45-16-14-43-21-37(45)51/h4-13,19,26,32,35,39,43-44,49H,14-18,20-25H2,1-3H3/t26-,32-,35+,39-,41+/m0/s1. The van der Waals surface area contributed by atoms with Crippen LogP contribution in [0.3, 0.4) is 0 Å². The van der Waals surface area contributed by atoms with E-state index < -0.39 is 37.6 Å². The summed E-state index contributed by atoms with van der Waals surface area (Å²) in [6.45, 7) is 8.22. The Morgan fingerprint density at radius 1 is 0.927 bits per heavy atom. The molecule has 5 aliphatic rings. The Balaban J connectivity index is 1.15. The summed E-state index contributed by atoms with van der Waals surface area (Å²) < 4.78 is 23.7. The molecule has 8 rings (SSSR count). The van der Waals surface area contributed by atoms with Gasteiger partial charge in [-0.2, -0.15) is 0 Å². The van der Waals surface area contributed by atoms with E-state index in [-0.39, 0.29) is 56.3 Å². The Labute approximate surface area is 321 Å². The van der Waals surface area contributed by atoms with E-state index in [1.807, 2.05) is 73.7 Å². The van der Waals surface area contributed by atoms with Gasteiger partial charge in [-0.05, 0) is 66.5 Å². The van der Waals surface area contributed by atoms with Crippen LogP contribution in [0.15, 0.2) is 66.7 Å². The van der Waals surface area contributed by atoms with Crippen LogP contribution in [0, 0.1) is 5.92 Å². The largest absolute Gasteiger partial charge is 0.394 e. The van der Waals surface area contributed by atoms with Crippen LogP contribution in [0.1, 0.15) is 35.6 Å². The molecule has 3 aromatic rings. The Kier molecular flexibility index (Phi) is 9.91. The van der Waals surface area contributed by atoms with Crippen molar-refractivity contribution in [3.63, 3.8) is 0 Å². The Morgan fingerprint density at radius 2 is 1.56 bits per heavy atom. The molecule has 55 heavy (non-hydrogen) atoms. The van der Waals surface area contributed by atoms with E-state index in [2.05, 4.69) is 10.6 Å². The molecular weight excluding hydrogens is 720 g/mol. The van der Waals surface area contributed by atoms with Gasteiger partial charge in [-0.25, -0.2) is 0 Å². The maximum atomic E-state index is 16.7. The van der Waals surface area contributed by atoms with Crippen LogP contribution in [0.4, 0.5) is 21.2 Å². The monoisotopic (exact) mass is 768 g/mol. The summed E-state index contributed by atoms with van der Waals surface area (Å²) in [5.41, 5.74) is 3.20. The molecule has 5 aliphatic heterocycles. The number of carbonyl (C=O) groups excluding carboxylic acids is 4. The number of halogens is 1. The van der Waals surface area contributed by atoms with E-state index in [4.69, 9.17) is 4.74 Å². The SMILES string of the molecule is C[C@H]1[C@H]([Si](C)(C)F)[C@@H](CC(=O)N2Cc3ccccc3C[C@H]2CO)O[C@]12C(=O)N(Cc1ccc(N3CCNCC3=O)cc1)c1ccc(N3CCNCC3=O)cc12. The van der Waals surface area contributed by atoms with E-state index in [1.54, 1.807) is 32.7 Å². The van der Waals surface area contributed by atoms with Gasteiger partial charge in [0.1, 0.15) is 0 Å². The van der Waals surface area contributed by atoms with Crippen molar-refractivity contribution >= 4 is 49.1 Å². The number of piperazine rings is 2. The second kappa shape index (κ2) is 14.6. The number of anilines is 3. The van der Waals surface area contributed by atoms with Gasteiger partial charge >= 0.3 is 0 Å². The number of hydrogen-bond acceptors (Lipinski definition) is 8. The zero-order chi connectivity index (χ0) is 38.6. The predicted molar refractivity (Wildman–Crippen MR) is 209 cm³/mol. The number of amides is 4. The van der Waals surface area contributed by atoms with Crippen LogP contribution in [0.5, 0.6) is 0 Å². The van der Waals surface area contributed by atoms with Crippen LogP contribution >= 0.6 is 0 Å². The Hall–Kier alpha value is -4.47. The summed E-state index contributed by atoms with van der Waals surface area (Å²) in [5.74, 6) is -1.32. The molecule has 4 amide bonds. The second-order valence-corrected chi connectivity index (χ2v) is 19.8. The molecule has 0 bridgehead atoms. The van der Waals surface area contributed by atoms with Gasteiger partial charge in [-0.3, -0.25) is 19.2 Å². The summed E-state index contributed by atoms with van der Waals surface area (Å²) in [6, 6.07) is 20.6. The van der Waals surface area contributed by atoms with Gasteiger partial charge in [0.15, 0.2) is 5.60 Å². The van der Waals surface area contributed by atoms with Crippen LogP contribution in [-0.2, 0) is 49.0 Å². The van der Waals surface area contributed by atoms with E-state index in [9.17, 15) is 19.5 Å². The molecule has 0 unspecified atom stereocenters. The van der Waals surface area contributed by atoms with Crippen molar-refractivity contribution in [1.29, 1.82) is 0 Å². The number of nitrogens with zero attached hydrogens (tertiary/aromatic N) is 4. The number of rotatable bonds is 8. The summed E-state index contributed by atoms with van der Waals surface area (Å²) in [7, 11) is -3.60.